The van der Waals surface area contributed by atoms with Gasteiger partial charge in [0.15, 0.2) is 0 Å². The van der Waals surface area contributed by atoms with Gasteiger partial charge in [0.05, 0.1) is 13.2 Å². The first-order valence-corrected chi connectivity index (χ1v) is 2.65. The summed E-state index contributed by atoms with van der Waals surface area (Å²) in [5.74, 6) is 0. The summed E-state index contributed by atoms with van der Waals surface area (Å²) >= 11 is 0. The lowest BCUT2D eigenvalue weighted by molar-refractivity contribution is 0.0696. The van der Waals surface area contributed by atoms with E-state index in [0.717, 1.165) is 0 Å². The number of hydrogen-bond donors (Lipinski definition) is 0. The molecule has 0 aromatic heterocycles. The summed E-state index contributed by atoms with van der Waals surface area (Å²) in [4.78, 5) is 0. The van der Waals surface area contributed by atoms with Crippen LogP contribution in [0.25, 0.3) is 0 Å². The molecule has 0 saturated heterocycles. The SMILES string of the molecule is [CH2]COCCOC[CH2]. The number of rotatable bonds is 5. The smallest absolute Gasteiger partial charge is 0.0700 e. The average Bonchev–Trinajstić information content (AvgIpc) is 1.81. The van der Waals surface area contributed by atoms with Gasteiger partial charge in [-0.15, -0.1) is 0 Å². The normalized spacial score (nSPS) is 9.75. The zero-order valence-corrected chi connectivity index (χ0v) is 5.06. The Labute approximate surface area is 50.8 Å². The molecule has 0 rings (SSSR count). The monoisotopic (exact) mass is 116 g/mol. The van der Waals surface area contributed by atoms with E-state index in [4.69, 9.17) is 9.47 Å². The molecule has 48 valence electrons. The molecule has 0 unspecified atom stereocenters. The van der Waals surface area contributed by atoms with E-state index in [9.17, 15) is 0 Å². The molecular formula is C6H12O2. The molecule has 0 aliphatic heterocycles. The lowest BCUT2D eigenvalue weighted by Gasteiger charge is -1.98. The summed E-state index contributed by atoms with van der Waals surface area (Å²) in [6.07, 6.45) is 0. The topological polar surface area (TPSA) is 18.5 Å². The van der Waals surface area contributed by atoms with Gasteiger partial charge in [0.25, 0.3) is 0 Å². The Hall–Kier alpha value is -0.0800. The molecule has 0 atom stereocenters. The second kappa shape index (κ2) is 6.92. The molecule has 0 fully saturated rings. The second-order valence-electron chi connectivity index (χ2n) is 1.22. The van der Waals surface area contributed by atoms with E-state index in [1.54, 1.807) is 0 Å². The van der Waals surface area contributed by atoms with Crippen molar-refractivity contribution in [3.05, 3.63) is 13.8 Å². The van der Waals surface area contributed by atoms with Crippen LogP contribution in [0.1, 0.15) is 0 Å². The lowest BCUT2D eigenvalue weighted by Crippen LogP contribution is -2.03. The first-order chi connectivity index (χ1) is 3.91. The second-order valence-corrected chi connectivity index (χ2v) is 1.22. The molecule has 2 radical (unpaired) electrons. The van der Waals surface area contributed by atoms with Crippen molar-refractivity contribution in [2.75, 3.05) is 26.4 Å². The third-order valence-electron chi connectivity index (χ3n) is 0.661. The maximum Gasteiger partial charge on any atom is 0.0700 e. The summed E-state index contributed by atoms with van der Waals surface area (Å²) in [5, 5.41) is 0. The van der Waals surface area contributed by atoms with Gasteiger partial charge in [-0.25, -0.2) is 0 Å². The van der Waals surface area contributed by atoms with E-state index in [1.165, 1.54) is 0 Å². The van der Waals surface area contributed by atoms with Crippen LogP contribution in [0.3, 0.4) is 0 Å². The molecule has 0 amide bonds. The van der Waals surface area contributed by atoms with Crippen molar-refractivity contribution in [3.63, 3.8) is 0 Å². The van der Waals surface area contributed by atoms with Crippen molar-refractivity contribution in [2.24, 2.45) is 0 Å². The first kappa shape index (κ1) is 7.92. The third-order valence-corrected chi connectivity index (χ3v) is 0.661. The Morgan fingerprint density at radius 3 is 1.50 bits per heavy atom. The fourth-order valence-electron chi connectivity index (χ4n) is 0.322. The molecule has 0 saturated carbocycles. The molecule has 0 spiro atoms. The lowest BCUT2D eigenvalue weighted by atomic mass is 10.7. The molecule has 0 bridgehead atoms. The Kier molecular flexibility index (Phi) is 6.85. The fourth-order valence-corrected chi connectivity index (χ4v) is 0.322. The predicted molar refractivity (Wildman–Crippen MR) is 32.4 cm³/mol. The van der Waals surface area contributed by atoms with Gasteiger partial charge in [-0.3, -0.25) is 0 Å². The van der Waals surface area contributed by atoms with Crippen LogP contribution in [0.5, 0.6) is 0 Å². The molecule has 0 aliphatic carbocycles. The minimum absolute atomic E-state index is 0.514. The minimum atomic E-state index is 0.514. The van der Waals surface area contributed by atoms with Crippen LogP contribution >= 0.6 is 0 Å². The quantitative estimate of drug-likeness (QED) is 0.492. The van der Waals surface area contributed by atoms with Crippen molar-refractivity contribution in [1.82, 2.24) is 0 Å². The van der Waals surface area contributed by atoms with Crippen molar-refractivity contribution in [3.8, 4) is 0 Å². The van der Waals surface area contributed by atoms with Crippen LogP contribution in [0.15, 0.2) is 0 Å². The van der Waals surface area contributed by atoms with Gasteiger partial charge < -0.3 is 9.47 Å². The van der Waals surface area contributed by atoms with Crippen LogP contribution in [-0.4, -0.2) is 26.4 Å². The Bertz CT molecular complexity index is 31.5. The molecule has 0 heterocycles. The minimum Gasteiger partial charge on any atom is -0.379 e. The van der Waals surface area contributed by atoms with Gasteiger partial charge in [0.2, 0.25) is 0 Å². The summed E-state index contributed by atoms with van der Waals surface area (Å²) in [5.41, 5.74) is 0. The molecular weight excluding hydrogens is 104 g/mol. The number of hydrogen-bond acceptors (Lipinski definition) is 2. The molecule has 0 N–H and O–H groups in total. The molecule has 0 aliphatic rings. The van der Waals surface area contributed by atoms with Gasteiger partial charge in [-0.2, -0.15) is 0 Å². The summed E-state index contributed by atoms with van der Waals surface area (Å²) in [7, 11) is 0. The highest BCUT2D eigenvalue weighted by Crippen LogP contribution is 1.74. The van der Waals surface area contributed by atoms with Gasteiger partial charge >= 0.3 is 0 Å². The average molecular weight is 116 g/mol. The third kappa shape index (κ3) is 5.92. The van der Waals surface area contributed by atoms with Crippen molar-refractivity contribution in [1.29, 1.82) is 0 Å². The highest BCUT2D eigenvalue weighted by molar-refractivity contribution is 4.34. The zero-order chi connectivity index (χ0) is 6.24. The maximum atomic E-state index is 4.87. The zero-order valence-electron chi connectivity index (χ0n) is 5.06. The van der Waals surface area contributed by atoms with Gasteiger partial charge in [-0.05, 0) is 13.8 Å². The Morgan fingerprint density at radius 2 is 1.25 bits per heavy atom. The van der Waals surface area contributed by atoms with E-state index in [2.05, 4.69) is 13.8 Å². The van der Waals surface area contributed by atoms with Crippen molar-refractivity contribution < 1.29 is 9.47 Å². The maximum absolute atomic E-state index is 4.87. The standard InChI is InChI=1S/C6H12O2/c1-3-7-5-6-8-4-2/h1-6H2. The summed E-state index contributed by atoms with van der Waals surface area (Å²) in [6, 6.07) is 0. The highest BCUT2D eigenvalue weighted by atomic mass is 16.5. The van der Waals surface area contributed by atoms with E-state index in [1.807, 2.05) is 0 Å². The number of ether oxygens (including phenoxy) is 2. The Balaban J connectivity index is 2.53. The van der Waals surface area contributed by atoms with Gasteiger partial charge in [0.1, 0.15) is 0 Å². The van der Waals surface area contributed by atoms with E-state index < -0.39 is 0 Å². The van der Waals surface area contributed by atoms with E-state index in [-0.39, 0.29) is 0 Å². The van der Waals surface area contributed by atoms with Crippen molar-refractivity contribution >= 4 is 0 Å². The molecule has 0 aromatic rings. The fraction of sp³-hybridized carbons (Fsp3) is 0.667. The van der Waals surface area contributed by atoms with Crippen molar-refractivity contribution in [2.45, 2.75) is 0 Å². The van der Waals surface area contributed by atoms with Crippen LogP contribution in [-0.2, 0) is 9.47 Å². The van der Waals surface area contributed by atoms with Crippen LogP contribution in [0, 0.1) is 13.8 Å². The predicted octanol–water partition coefficient (Wildman–Crippen LogP) is 0.688. The van der Waals surface area contributed by atoms with Crippen LogP contribution in [0.2, 0.25) is 0 Å². The molecule has 2 nitrogen and oxygen atoms in total. The van der Waals surface area contributed by atoms with Crippen LogP contribution < -0.4 is 0 Å². The molecule has 2 heteroatoms. The van der Waals surface area contributed by atoms with E-state index >= 15 is 0 Å². The molecule has 0 aromatic carbocycles. The Morgan fingerprint density at radius 1 is 0.875 bits per heavy atom. The molecule has 8 heavy (non-hydrogen) atoms. The summed E-state index contributed by atoms with van der Waals surface area (Å²) in [6.45, 7) is 9.26. The van der Waals surface area contributed by atoms with E-state index in [0.29, 0.717) is 26.4 Å². The highest BCUT2D eigenvalue weighted by Gasteiger charge is 1.81. The van der Waals surface area contributed by atoms with Crippen LogP contribution in [0.4, 0.5) is 0 Å². The first-order valence-electron chi connectivity index (χ1n) is 2.65. The summed E-state index contributed by atoms with van der Waals surface area (Å²) < 4.78 is 9.74. The van der Waals surface area contributed by atoms with Gasteiger partial charge in [0, 0.05) is 13.2 Å². The van der Waals surface area contributed by atoms with Gasteiger partial charge in [-0.1, -0.05) is 0 Å². The largest absolute Gasteiger partial charge is 0.379 e.